The van der Waals surface area contributed by atoms with Gasteiger partial charge in [-0.15, -0.1) is 12.4 Å². The lowest BCUT2D eigenvalue weighted by Crippen LogP contribution is -2.22. The largest absolute Gasteiger partial charge is 0.460 e. The fourth-order valence-corrected chi connectivity index (χ4v) is 5.08. The number of hydrogen-bond donors (Lipinski definition) is 1. The molecule has 0 aliphatic carbocycles. The van der Waals surface area contributed by atoms with Crippen molar-refractivity contribution in [1.82, 2.24) is 15.1 Å². The number of aryl methyl sites for hydroxylation is 1. The molecule has 2 aromatic heterocycles. The Morgan fingerprint density at radius 3 is 2.66 bits per heavy atom. The van der Waals surface area contributed by atoms with Gasteiger partial charge in [-0.25, -0.2) is 8.42 Å². The van der Waals surface area contributed by atoms with Gasteiger partial charge in [0.15, 0.2) is 0 Å². The highest BCUT2D eigenvalue weighted by atomic mass is 35.5. The second-order valence-corrected chi connectivity index (χ2v) is 8.95. The molecular formula is C21H20ClN3O3S. The second-order valence-electron chi connectivity index (χ2n) is 7.00. The van der Waals surface area contributed by atoms with Gasteiger partial charge in [0.1, 0.15) is 11.3 Å². The zero-order valence-corrected chi connectivity index (χ0v) is 17.4. The van der Waals surface area contributed by atoms with E-state index in [1.807, 2.05) is 13.2 Å². The summed E-state index contributed by atoms with van der Waals surface area (Å²) in [6, 6.07) is 12.0. The molecule has 8 heteroatoms. The molecule has 0 radical (unpaired) electrons. The van der Waals surface area contributed by atoms with Crippen LogP contribution in [0.3, 0.4) is 0 Å². The van der Waals surface area contributed by atoms with E-state index < -0.39 is 9.84 Å². The Morgan fingerprint density at radius 2 is 1.93 bits per heavy atom. The van der Waals surface area contributed by atoms with Gasteiger partial charge in [-0.2, -0.15) is 5.10 Å². The summed E-state index contributed by atoms with van der Waals surface area (Å²) in [7, 11) is -1.81. The van der Waals surface area contributed by atoms with E-state index in [4.69, 9.17) is 4.42 Å². The second kappa shape index (κ2) is 7.33. The maximum absolute atomic E-state index is 13.3. The highest BCUT2D eigenvalue weighted by Crippen LogP contribution is 2.38. The molecule has 2 aromatic carbocycles. The van der Waals surface area contributed by atoms with E-state index in [0.717, 1.165) is 40.8 Å². The first-order valence-electron chi connectivity index (χ1n) is 9.12. The molecule has 0 spiro atoms. The third kappa shape index (κ3) is 3.25. The van der Waals surface area contributed by atoms with Gasteiger partial charge in [0.25, 0.3) is 0 Å². The summed E-state index contributed by atoms with van der Waals surface area (Å²) < 4.78 is 34.5. The van der Waals surface area contributed by atoms with Gasteiger partial charge >= 0.3 is 0 Å². The number of hydrogen-bond acceptors (Lipinski definition) is 5. The number of rotatable bonds is 3. The Morgan fingerprint density at radius 1 is 1.14 bits per heavy atom. The van der Waals surface area contributed by atoms with E-state index in [0.29, 0.717) is 12.1 Å². The van der Waals surface area contributed by atoms with Gasteiger partial charge < -0.3 is 9.73 Å². The standard InChI is InChI=1S/C21H19N3O3S.ClH/c1-24-13-14(11-23-24)17-9-16(28(25,26)15-5-3-2-4-6-15)10-18-19-12-22-8-7-20(19)27-21(17)18;/h2-6,9-11,13,22H,7-8,12H2,1H3;1H. The minimum Gasteiger partial charge on any atom is -0.460 e. The van der Waals surface area contributed by atoms with Crippen molar-refractivity contribution in [3.63, 3.8) is 0 Å². The summed E-state index contributed by atoms with van der Waals surface area (Å²) >= 11 is 0. The molecule has 29 heavy (non-hydrogen) atoms. The van der Waals surface area contributed by atoms with Crippen LogP contribution < -0.4 is 5.32 Å². The fraction of sp³-hybridized carbons (Fsp3) is 0.190. The van der Waals surface area contributed by atoms with E-state index >= 15 is 0 Å². The molecule has 5 rings (SSSR count). The van der Waals surface area contributed by atoms with Crippen molar-refractivity contribution in [1.29, 1.82) is 0 Å². The van der Waals surface area contributed by atoms with Gasteiger partial charge in [0.2, 0.25) is 9.84 Å². The maximum Gasteiger partial charge on any atom is 0.206 e. The molecular weight excluding hydrogens is 410 g/mol. The molecule has 0 unspecified atom stereocenters. The van der Waals surface area contributed by atoms with Crippen molar-refractivity contribution < 1.29 is 12.8 Å². The Kier molecular flexibility index (Phi) is 4.98. The normalized spacial score (nSPS) is 13.8. The van der Waals surface area contributed by atoms with E-state index in [1.165, 1.54) is 0 Å². The minimum absolute atomic E-state index is 0. The number of aromatic nitrogens is 2. The molecule has 0 saturated heterocycles. The van der Waals surface area contributed by atoms with Gasteiger partial charge in [0.05, 0.1) is 16.0 Å². The Labute approximate surface area is 174 Å². The van der Waals surface area contributed by atoms with Crippen molar-refractivity contribution in [2.75, 3.05) is 6.54 Å². The van der Waals surface area contributed by atoms with Crippen LogP contribution in [0.5, 0.6) is 0 Å². The first-order valence-corrected chi connectivity index (χ1v) is 10.6. The molecule has 0 bridgehead atoms. The molecule has 0 saturated carbocycles. The number of benzene rings is 2. The average Bonchev–Trinajstić information content (AvgIpc) is 3.31. The molecule has 3 heterocycles. The SMILES string of the molecule is Cl.Cn1cc(-c2cc(S(=O)(=O)c3ccccc3)cc3c4c(oc23)CCNC4)cn1. The molecule has 1 aliphatic rings. The van der Waals surface area contributed by atoms with Crippen LogP contribution >= 0.6 is 12.4 Å². The molecule has 0 atom stereocenters. The number of furan rings is 1. The average molecular weight is 430 g/mol. The highest BCUT2D eigenvalue weighted by Gasteiger charge is 2.25. The predicted octanol–water partition coefficient (Wildman–Crippen LogP) is 3.73. The van der Waals surface area contributed by atoms with Gasteiger partial charge in [-0.1, -0.05) is 18.2 Å². The molecule has 150 valence electrons. The van der Waals surface area contributed by atoms with E-state index in [1.54, 1.807) is 53.3 Å². The lowest BCUT2D eigenvalue weighted by molar-refractivity contribution is 0.501. The zero-order valence-electron chi connectivity index (χ0n) is 15.8. The van der Waals surface area contributed by atoms with Crippen molar-refractivity contribution in [2.45, 2.75) is 22.8 Å². The van der Waals surface area contributed by atoms with Crippen LogP contribution in [-0.2, 0) is 29.9 Å². The van der Waals surface area contributed by atoms with Gasteiger partial charge in [0, 0.05) is 54.8 Å². The van der Waals surface area contributed by atoms with Crippen LogP contribution in [0.2, 0.25) is 0 Å². The van der Waals surface area contributed by atoms with E-state index in [9.17, 15) is 8.42 Å². The third-order valence-electron chi connectivity index (χ3n) is 5.16. The summed E-state index contributed by atoms with van der Waals surface area (Å²) in [6.07, 6.45) is 4.39. The van der Waals surface area contributed by atoms with Crippen LogP contribution in [-0.4, -0.2) is 24.7 Å². The molecule has 1 N–H and O–H groups in total. The number of sulfone groups is 1. The number of nitrogens with one attached hydrogen (secondary N) is 1. The van der Waals surface area contributed by atoms with Gasteiger partial charge in [-0.3, -0.25) is 4.68 Å². The fourth-order valence-electron chi connectivity index (χ4n) is 3.75. The topological polar surface area (TPSA) is 77.1 Å². The lowest BCUT2D eigenvalue weighted by atomic mass is 10.0. The number of halogens is 1. The molecule has 0 fully saturated rings. The van der Waals surface area contributed by atoms with Crippen LogP contribution in [0.1, 0.15) is 11.3 Å². The smallest absolute Gasteiger partial charge is 0.206 e. The van der Waals surface area contributed by atoms with Crippen LogP contribution in [0.25, 0.3) is 22.1 Å². The minimum atomic E-state index is -3.65. The van der Waals surface area contributed by atoms with Crippen LogP contribution in [0.4, 0.5) is 0 Å². The predicted molar refractivity (Wildman–Crippen MR) is 113 cm³/mol. The summed E-state index contributed by atoms with van der Waals surface area (Å²) in [5.74, 6) is 0.924. The number of nitrogens with zero attached hydrogens (tertiary/aromatic N) is 2. The van der Waals surface area contributed by atoms with Crippen LogP contribution in [0.15, 0.2) is 69.1 Å². The van der Waals surface area contributed by atoms with E-state index in [2.05, 4.69) is 10.4 Å². The summed E-state index contributed by atoms with van der Waals surface area (Å²) in [5, 5.41) is 8.44. The highest BCUT2D eigenvalue weighted by molar-refractivity contribution is 7.91. The third-order valence-corrected chi connectivity index (χ3v) is 6.91. The Hall–Kier alpha value is -2.61. The quantitative estimate of drug-likeness (QED) is 0.537. The van der Waals surface area contributed by atoms with Crippen molar-refractivity contribution in [3.8, 4) is 11.1 Å². The van der Waals surface area contributed by atoms with Crippen molar-refractivity contribution in [3.05, 3.63) is 66.2 Å². The number of fused-ring (bicyclic) bond motifs is 3. The summed E-state index contributed by atoms with van der Waals surface area (Å²) in [6.45, 7) is 1.52. The lowest BCUT2D eigenvalue weighted by Gasteiger charge is -2.11. The molecule has 6 nitrogen and oxygen atoms in total. The van der Waals surface area contributed by atoms with Gasteiger partial charge in [-0.05, 0) is 24.3 Å². The molecule has 0 amide bonds. The monoisotopic (exact) mass is 429 g/mol. The van der Waals surface area contributed by atoms with Crippen molar-refractivity contribution >= 4 is 33.2 Å². The zero-order chi connectivity index (χ0) is 19.3. The van der Waals surface area contributed by atoms with Crippen LogP contribution in [0, 0.1) is 0 Å². The first-order chi connectivity index (χ1) is 13.5. The van der Waals surface area contributed by atoms with Crippen molar-refractivity contribution in [2.24, 2.45) is 7.05 Å². The Balaban J connectivity index is 0.00000205. The molecule has 1 aliphatic heterocycles. The molecule has 4 aromatic rings. The summed E-state index contributed by atoms with van der Waals surface area (Å²) in [4.78, 5) is 0.543. The Bertz CT molecular complexity index is 1290. The maximum atomic E-state index is 13.3. The first kappa shape index (κ1) is 19.7. The van der Waals surface area contributed by atoms with E-state index in [-0.39, 0.29) is 22.2 Å². The summed E-state index contributed by atoms with van der Waals surface area (Å²) in [5.41, 5.74) is 3.33.